The first kappa shape index (κ1) is 30.6. The van der Waals surface area contributed by atoms with Crippen LogP contribution in [0.4, 0.5) is 0 Å². The number of benzene rings is 4. The van der Waals surface area contributed by atoms with Gasteiger partial charge in [0, 0.05) is 49.8 Å². The molecule has 5 heteroatoms. The summed E-state index contributed by atoms with van der Waals surface area (Å²) in [6.45, 7) is 0. The summed E-state index contributed by atoms with van der Waals surface area (Å²) in [4.78, 5) is 22.0. The van der Waals surface area contributed by atoms with Crippen molar-refractivity contribution in [2.45, 2.75) is 0 Å². The number of hydrogen-bond donors (Lipinski definition) is 3. The lowest BCUT2D eigenvalue weighted by atomic mass is 10.0. The summed E-state index contributed by atoms with van der Waals surface area (Å²) in [7, 11) is 0. The van der Waals surface area contributed by atoms with E-state index in [0.29, 0.717) is 0 Å². The average Bonchev–Trinajstić information content (AvgIpc) is 4.07. The monoisotopic (exact) mass is 679 g/mol. The van der Waals surface area contributed by atoms with E-state index in [1.54, 1.807) is 0 Å². The minimum Gasteiger partial charge on any atom is -0.354 e. The Morgan fingerprint density at radius 3 is 0.887 bits per heavy atom. The quantitative estimate of drug-likeness (QED) is 0.173. The van der Waals surface area contributed by atoms with Crippen molar-refractivity contribution in [3.8, 4) is 44.5 Å². The molecule has 10 bridgehead atoms. The van der Waals surface area contributed by atoms with Crippen molar-refractivity contribution in [1.82, 2.24) is 24.9 Å². The molecule has 0 saturated carbocycles. The molecule has 2 aliphatic rings. The summed E-state index contributed by atoms with van der Waals surface area (Å²) in [5.74, 6) is 0. The van der Waals surface area contributed by atoms with Gasteiger partial charge in [0.1, 0.15) is 0 Å². The predicted octanol–water partition coefficient (Wildman–Crippen LogP) is 12.4. The number of fused-ring (bicyclic) bond motifs is 11. The molecule has 0 fully saturated rings. The normalized spacial score (nSPS) is 12.0. The van der Waals surface area contributed by atoms with Gasteiger partial charge in [0.25, 0.3) is 0 Å². The summed E-state index contributed by atoms with van der Waals surface area (Å²) < 4.78 is 0. The summed E-state index contributed by atoms with van der Waals surface area (Å²) in [5.41, 5.74) is 18.0. The zero-order valence-corrected chi connectivity index (χ0v) is 28.7. The first-order valence-electron chi connectivity index (χ1n) is 17.8. The maximum absolute atomic E-state index is 5.40. The van der Waals surface area contributed by atoms with Gasteiger partial charge in [-0.25, -0.2) is 9.97 Å². The second kappa shape index (κ2) is 12.8. The topological polar surface area (TPSA) is 73.2 Å². The van der Waals surface area contributed by atoms with Crippen molar-refractivity contribution in [1.29, 1.82) is 0 Å². The Kier molecular flexibility index (Phi) is 7.40. The van der Waals surface area contributed by atoms with Crippen LogP contribution in [0.1, 0.15) is 22.8 Å². The third-order valence-electron chi connectivity index (χ3n) is 9.98. The highest BCUT2D eigenvalue weighted by Crippen LogP contribution is 2.37. The molecule has 6 heterocycles. The number of hydrogen-bond acceptors (Lipinski definition) is 2. The van der Waals surface area contributed by atoms with Gasteiger partial charge >= 0.3 is 0 Å². The highest BCUT2D eigenvalue weighted by atomic mass is 14.8. The van der Waals surface area contributed by atoms with Crippen LogP contribution in [0, 0.1) is 0 Å². The van der Waals surface area contributed by atoms with Gasteiger partial charge in [-0.2, -0.15) is 0 Å². The Balaban J connectivity index is 1.39. The number of H-pyrrole nitrogens is 3. The minimum atomic E-state index is 0.883. The van der Waals surface area contributed by atoms with Gasteiger partial charge in [-0.1, -0.05) is 121 Å². The average molecular weight is 680 g/mol. The second-order valence-corrected chi connectivity index (χ2v) is 13.3. The lowest BCUT2D eigenvalue weighted by Crippen LogP contribution is -1.88. The molecule has 53 heavy (non-hydrogen) atoms. The Hall–Kier alpha value is -7.24. The number of aromatic amines is 3. The van der Waals surface area contributed by atoms with Crippen LogP contribution in [-0.2, 0) is 0 Å². The third-order valence-corrected chi connectivity index (χ3v) is 9.98. The van der Waals surface area contributed by atoms with E-state index in [0.717, 1.165) is 100 Å². The minimum absolute atomic E-state index is 0.883. The van der Waals surface area contributed by atoms with E-state index in [1.165, 1.54) is 0 Å². The van der Waals surface area contributed by atoms with Crippen LogP contribution in [0.3, 0.4) is 0 Å². The van der Waals surface area contributed by atoms with Crippen molar-refractivity contribution >= 4 is 57.4 Å². The van der Waals surface area contributed by atoms with Crippen LogP contribution in [0.5, 0.6) is 0 Å². The fourth-order valence-corrected chi connectivity index (χ4v) is 7.56. The highest BCUT2D eigenvalue weighted by Gasteiger charge is 2.17. The number of rotatable bonds is 4. The fourth-order valence-electron chi connectivity index (χ4n) is 7.56. The third kappa shape index (κ3) is 5.52. The molecule has 10 rings (SSSR count). The molecule has 0 atom stereocenters. The van der Waals surface area contributed by atoms with E-state index < -0.39 is 0 Å². The summed E-state index contributed by atoms with van der Waals surface area (Å²) in [6.07, 6.45) is 8.49. The molecule has 8 aromatic rings. The molecule has 4 aromatic carbocycles. The van der Waals surface area contributed by atoms with Gasteiger partial charge in [0.05, 0.1) is 28.3 Å². The molecule has 250 valence electrons. The fraction of sp³-hybridized carbons (Fsp3) is 0. The van der Waals surface area contributed by atoms with E-state index in [-0.39, 0.29) is 0 Å². The van der Waals surface area contributed by atoms with Crippen LogP contribution in [0.15, 0.2) is 158 Å². The Bertz CT molecular complexity index is 2910. The van der Waals surface area contributed by atoms with Crippen molar-refractivity contribution in [2.75, 3.05) is 0 Å². The van der Waals surface area contributed by atoms with Gasteiger partial charge in [0.2, 0.25) is 0 Å². The zero-order chi connectivity index (χ0) is 35.1. The smallest absolute Gasteiger partial charge is 0.0872 e. The van der Waals surface area contributed by atoms with Crippen molar-refractivity contribution in [3.05, 3.63) is 181 Å². The molecule has 0 amide bonds. The van der Waals surface area contributed by atoms with Crippen LogP contribution >= 0.6 is 0 Å². The number of nitrogens with one attached hydrogen (secondary N) is 3. The highest BCUT2D eigenvalue weighted by molar-refractivity contribution is 6.00. The molecule has 0 radical (unpaired) electrons. The van der Waals surface area contributed by atoms with Gasteiger partial charge in [-0.05, 0) is 83.0 Å². The lowest BCUT2D eigenvalue weighted by molar-refractivity contribution is 1.31. The molecule has 3 N–H and O–H groups in total. The summed E-state index contributed by atoms with van der Waals surface area (Å²) in [6, 6.07) is 55.0. The molecule has 0 aliphatic carbocycles. The van der Waals surface area contributed by atoms with Crippen molar-refractivity contribution < 1.29 is 0 Å². The van der Waals surface area contributed by atoms with Crippen LogP contribution in [0.25, 0.3) is 102 Å². The van der Waals surface area contributed by atoms with Crippen LogP contribution in [-0.4, -0.2) is 24.9 Å². The van der Waals surface area contributed by atoms with E-state index in [4.69, 9.17) is 9.97 Å². The van der Waals surface area contributed by atoms with Crippen molar-refractivity contribution in [3.63, 3.8) is 0 Å². The second-order valence-electron chi connectivity index (χ2n) is 13.3. The molecular formula is C48H33N5. The number of nitrogens with zero attached hydrogens (tertiary/aromatic N) is 2. The molecule has 0 unspecified atom stereocenters. The van der Waals surface area contributed by atoms with E-state index in [2.05, 4.69) is 191 Å². The van der Waals surface area contributed by atoms with Gasteiger partial charge in [-0.15, -0.1) is 0 Å². The maximum atomic E-state index is 5.40. The molecular weight excluding hydrogens is 647 g/mol. The maximum Gasteiger partial charge on any atom is 0.0872 e. The van der Waals surface area contributed by atoms with Gasteiger partial charge in [0.15, 0.2) is 0 Å². The van der Waals surface area contributed by atoms with Crippen molar-refractivity contribution in [2.24, 2.45) is 0 Å². The zero-order valence-electron chi connectivity index (χ0n) is 28.7. The largest absolute Gasteiger partial charge is 0.354 e. The van der Waals surface area contributed by atoms with Crippen LogP contribution < -0.4 is 0 Å². The molecule has 5 nitrogen and oxygen atoms in total. The Labute approximate surface area is 306 Å². The summed E-state index contributed by atoms with van der Waals surface area (Å²) in [5, 5.41) is 0. The van der Waals surface area contributed by atoms with Gasteiger partial charge in [-0.3, -0.25) is 0 Å². The lowest BCUT2D eigenvalue weighted by Gasteiger charge is -2.06. The molecule has 0 saturated heterocycles. The first-order chi connectivity index (χ1) is 26.3. The molecule has 0 spiro atoms. The van der Waals surface area contributed by atoms with Crippen LogP contribution in [0.2, 0.25) is 0 Å². The Morgan fingerprint density at radius 1 is 0.245 bits per heavy atom. The first-order valence-corrected chi connectivity index (χ1v) is 17.8. The Morgan fingerprint density at radius 2 is 0.509 bits per heavy atom. The number of aromatic nitrogens is 5. The predicted molar refractivity (Wildman–Crippen MR) is 221 cm³/mol. The molecule has 4 aromatic heterocycles. The standard InChI is InChI=1S/C48H33N5/c1-5-13-31(14-6-1)45-37-23-21-35(49-37)36-22-24-38(50-36)46(32-15-7-2-8-16-32)40-26-28-42(52-40)48(34-19-11-4-12-20-34)44-30-29-43(53-44)47(33-17-9-3-10-18-33)41-27-25-39(45)51-41/h1-30,49,51-52H. The van der Waals surface area contributed by atoms with E-state index in [1.807, 2.05) is 6.07 Å². The molecule has 2 aliphatic heterocycles. The SMILES string of the molecule is C1=Cc2nc1c(-c1ccccc1)c1ccc([nH]1)c(-c1ccccc1)c1nc(c3ccc([nH]3)c(-c3ccccc3)c3ccc([nH]3)c2-c2ccccc2)C=C1. The summed E-state index contributed by atoms with van der Waals surface area (Å²) >= 11 is 0. The van der Waals surface area contributed by atoms with Gasteiger partial charge < -0.3 is 15.0 Å². The van der Waals surface area contributed by atoms with E-state index >= 15 is 0 Å². The van der Waals surface area contributed by atoms with E-state index in [9.17, 15) is 0 Å².